The van der Waals surface area contributed by atoms with Gasteiger partial charge in [0.25, 0.3) is 0 Å². The molecule has 0 aliphatic heterocycles. The Kier molecular flexibility index (Phi) is 7.19. The normalized spacial score (nSPS) is 11.9. The van der Waals surface area contributed by atoms with E-state index in [1.807, 2.05) is 24.3 Å². The second kappa shape index (κ2) is 10.9. The van der Waals surface area contributed by atoms with Crippen LogP contribution in [0.5, 0.6) is 11.5 Å². The fourth-order valence-electron chi connectivity index (χ4n) is 4.91. The lowest BCUT2D eigenvalue weighted by Crippen LogP contribution is -2.18. The van der Waals surface area contributed by atoms with Crippen molar-refractivity contribution in [1.29, 1.82) is 0 Å². The van der Waals surface area contributed by atoms with E-state index in [0.717, 1.165) is 16.5 Å². The molecule has 2 aromatic heterocycles. The number of aryl methyl sites for hydroxylation is 1. The molecule has 0 fully saturated rings. The number of carbonyl (C=O) groups is 1. The Bertz CT molecular complexity index is 1720. The lowest BCUT2D eigenvalue weighted by Gasteiger charge is -2.19. The highest BCUT2D eigenvalue weighted by molar-refractivity contribution is 5.92. The molecule has 1 atom stereocenters. The molecule has 198 valence electrons. The molecule has 0 saturated heterocycles. The first-order chi connectivity index (χ1) is 18.9. The number of H-pyrrole nitrogens is 1. The molecular formula is C31H26FNO6. The number of hydrogen-bond acceptors (Lipinski definition) is 6. The van der Waals surface area contributed by atoms with Crippen molar-refractivity contribution in [3.8, 4) is 11.5 Å². The fraction of sp³-hybridized carbons (Fsp3) is 0.161. The van der Waals surface area contributed by atoms with Crippen molar-refractivity contribution in [3.05, 3.63) is 129 Å². The standard InChI is InChI=1S/C31H26FNO6/c1-18-16-25(34)28(31(36)39-18)27(19-8-7-9-20(32)17-19)29-22(21-10-3-5-12-24(21)33-29)14-15-38-30(35)23-11-4-6-13-26(23)37-2/h3-13,16-17,27,33-34H,14-15H2,1-2H3. The average molecular weight is 528 g/mol. The van der Waals surface area contributed by atoms with Crippen LogP contribution < -0.4 is 10.4 Å². The van der Waals surface area contributed by atoms with Gasteiger partial charge < -0.3 is 24.0 Å². The number of methoxy groups -OCH3 is 1. The number of para-hydroxylation sites is 2. The van der Waals surface area contributed by atoms with Gasteiger partial charge in [0.1, 0.15) is 28.6 Å². The van der Waals surface area contributed by atoms with Gasteiger partial charge in [0, 0.05) is 29.1 Å². The molecule has 0 spiro atoms. The number of aromatic hydroxyl groups is 1. The molecule has 1 unspecified atom stereocenters. The minimum atomic E-state index is -0.884. The molecule has 0 radical (unpaired) electrons. The third-order valence-corrected chi connectivity index (χ3v) is 6.61. The van der Waals surface area contributed by atoms with E-state index < -0.39 is 23.3 Å². The second-order valence-corrected chi connectivity index (χ2v) is 9.08. The molecule has 3 aromatic carbocycles. The van der Waals surface area contributed by atoms with Crippen LogP contribution in [0.25, 0.3) is 10.9 Å². The summed E-state index contributed by atoms with van der Waals surface area (Å²) in [5, 5.41) is 11.7. The van der Waals surface area contributed by atoms with Crippen LogP contribution in [0.4, 0.5) is 4.39 Å². The maximum Gasteiger partial charge on any atom is 0.343 e. The average Bonchev–Trinajstić information content (AvgIpc) is 3.28. The van der Waals surface area contributed by atoms with Gasteiger partial charge in [-0.3, -0.25) is 0 Å². The largest absolute Gasteiger partial charge is 0.507 e. The lowest BCUT2D eigenvalue weighted by atomic mass is 9.86. The first kappa shape index (κ1) is 25.8. The van der Waals surface area contributed by atoms with Crippen LogP contribution in [-0.4, -0.2) is 29.8 Å². The number of nitrogens with one attached hydrogen (secondary N) is 1. The number of halogens is 1. The summed E-state index contributed by atoms with van der Waals surface area (Å²) in [6, 6.07) is 21.5. The third-order valence-electron chi connectivity index (χ3n) is 6.61. The predicted molar refractivity (Wildman–Crippen MR) is 144 cm³/mol. The van der Waals surface area contributed by atoms with E-state index in [1.165, 1.54) is 25.3 Å². The first-order valence-electron chi connectivity index (χ1n) is 12.4. The zero-order chi connectivity index (χ0) is 27.5. The molecule has 0 aliphatic rings. The van der Waals surface area contributed by atoms with Crippen molar-refractivity contribution in [1.82, 2.24) is 4.98 Å². The summed E-state index contributed by atoms with van der Waals surface area (Å²) < 4.78 is 30.6. The van der Waals surface area contributed by atoms with E-state index in [-0.39, 0.29) is 30.1 Å². The molecule has 5 rings (SSSR count). The van der Waals surface area contributed by atoms with Crippen molar-refractivity contribution < 1.29 is 28.2 Å². The van der Waals surface area contributed by atoms with Gasteiger partial charge in [-0.15, -0.1) is 0 Å². The Morgan fingerprint density at radius 3 is 2.59 bits per heavy atom. The molecule has 39 heavy (non-hydrogen) atoms. The van der Waals surface area contributed by atoms with Gasteiger partial charge >= 0.3 is 11.6 Å². The maximum absolute atomic E-state index is 14.4. The number of ether oxygens (including phenoxy) is 2. The van der Waals surface area contributed by atoms with Crippen molar-refractivity contribution in [2.75, 3.05) is 13.7 Å². The molecule has 5 aromatic rings. The monoisotopic (exact) mass is 527 g/mol. The first-order valence-corrected chi connectivity index (χ1v) is 12.4. The summed E-state index contributed by atoms with van der Waals surface area (Å²) in [4.78, 5) is 29.2. The van der Waals surface area contributed by atoms with Crippen LogP contribution in [0.2, 0.25) is 0 Å². The summed E-state index contributed by atoms with van der Waals surface area (Å²) in [6.45, 7) is 1.59. The number of rotatable bonds is 8. The molecule has 0 saturated carbocycles. The Balaban J connectivity index is 1.59. The Morgan fingerprint density at radius 2 is 1.82 bits per heavy atom. The van der Waals surface area contributed by atoms with E-state index in [4.69, 9.17) is 13.9 Å². The Morgan fingerprint density at radius 1 is 1.05 bits per heavy atom. The second-order valence-electron chi connectivity index (χ2n) is 9.08. The van der Waals surface area contributed by atoms with Crippen molar-refractivity contribution >= 4 is 16.9 Å². The quantitative estimate of drug-likeness (QED) is 0.245. The van der Waals surface area contributed by atoms with Crippen LogP contribution in [0.1, 0.15) is 44.4 Å². The highest BCUT2D eigenvalue weighted by atomic mass is 19.1. The number of hydrogen-bond donors (Lipinski definition) is 2. The smallest absolute Gasteiger partial charge is 0.343 e. The van der Waals surface area contributed by atoms with Crippen molar-refractivity contribution in [2.45, 2.75) is 19.3 Å². The van der Waals surface area contributed by atoms with Crippen LogP contribution in [0, 0.1) is 12.7 Å². The zero-order valence-corrected chi connectivity index (χ0v) is 21.4. The zero-order valence-electron chi connectivity index (χ0n) is 21.4. The van der Waals surface area contributed by atoms with Crippen LogP contribution in [-0.2, 0) is 11.2 Å². The van der Waals surface area contributed by atoms with E-state index in [1.54, 1.807) is 43.3 Å². The number of carbonyl (C=O) groups excluding carboxylic acids is 1. The van der Waals surface area contributed by atoms with Gasteiger partial charge in [-0.05, 0) is 48.4 Å². The minimum absolute atomic E-state index is 0.0231. The summed E-state index contributed by atoms with van der Waals surface area (Å²) in [5.41, 5.74) is 2.09. The van der Waals surface area contributed by atoms with Crippen LogP contribution in [0.15, 0.2) is 88.1 Å². The van der Waals surface area contributed by atoms with Gasteiger partial charge in [-0.1, -0.05) is 42.5 Å². The van der Waals surface area contributed by atoms with Gasteiger partial charge in [0.05, 0.1) is 25.2 Å². The summed E-state index contributed by atoms with van der Waals surface area (Å²) in [5.74, 6) is -1.51. The summed E-state index contributed by atoms with van der Waals surface area (Å²) in [7, 11) is 1.48. The Hall–Kier alpha value is -4.85. The molecule has 8 heteroatoms. The van der Waals surface area contributed by atoms with E-state index >= 15 is 0 Å². The number of benzene rings is 3. The maximum atomic E-state index is 14.4. The fourth-order valence-corrected chi connectivity index (χ4v) is 4.91. The number of esters is 1. The summed E-state index contributed by atoms with van der Waals surface area (Å²) in [6.07, 6.45) is 0.282. The van der Waals surface area contributed by atoms with Gasteiger partial charge in [0.2, 0.25) is 0 Å². The minimum Gasteiger partial charge on any atom is -0.507 e. The van der Waals surface area contributed by atoms with E-state index in [9.17, 15) is 19.1 Å². The summed E-state index contributed by atoms with van der Waals surface area (Å²) >= 11 is 0. The van der Waals surface area contributed by atoms with Crippen molar-refractivity contribution in [2.24, 2.45) is 0 Å². The number of fused-ring (bicyclic) bond motifs is 1. The van der Waals surface area contributed by atoms with E-state index in [2.05, 4.69) is 4.98 Å². The predicted octanol–water partition coefficient (Wildman–Crippen LogP) is 5.86. The molecule has 0 bridgehead atoms. The number of aromatic nitrogens is 1. The van der Waals surface area contributed by atoms with E-state index in [0.29, 0.717) is 22.6 Å². The highest BCUT2D eigenvalue weighted by Gasteiger charge is 2.30. The molecule has 0 amide bonds. The van der Waals surface area contributed by atoms with Crippen molar-refractivity contribution in [3.63, 3.8) is 0 Å². The van der Waals surface area contributed by atoms with Gasteiger partial charge in [-0.2, -0.15) is 0 Å². The molecule has 0 aliphatic carbocycles. The third kappa shape index (κ3) is 5.13. The van der Waals surface area contributed by atoms with Gasteiger partial charge in [-0.25, -0.2) is 14.0 Å². The highest BCUT2D eigenvalue weighted by Crippen LogP contribution is 2.39. The molecule has 7 nitrogen and oxygen atoms in total. The lowest BCUT2D eigenvalue weighted by molar-refractivity contribution is 0.0505. The molecule has 2 heterocycles. The number of aromatic amines is 1. The van der Waals surface area contributed by atoms with Crippen LogP contribution in [0.3, 0.4) is 0 Å². The topological polar surface area (TPSA) is 102 Å². The SMILES string of the molecule is COc1ccccc1C(=O)OCCc1c(C(c2cccc(F)c2)c2c(O)cc(C)oc2=O)[nH]c2ccccc12. The van der Waals surface area contributed by atoms with Crippen LogP contribution >= 0.6 is 0 Å². The molecular weight excluding hydrogens is 501 g/mol. The van der Waals surface area contributed by atoms with Gasteiger partial charge in [0.15, 0.2) is 0 Å². The molecule has 2 N–H and O–H groups in total. The Labute approximate surface area is 223 Å².